The molecule has 1 atom stereocenters. The largest absolute Gasteiger partial charge is 0.354 e. The molecule has 1 unspecified atom stereocenters. The third-order valence-corrected chi connectivity index (χ3v) is 3.12. The van der Waals surface area contributed by atoms with Gasteiger partial charge in [-0.1, -0.05) is 12.1 Å². The summed E-state index contributed by atoms with van der Waals surface area (Å²) in [6, 6.07) is 8.83. The van der Waals surface area contributed by atoms with Crippen molar-refractivity contribution in [3.63, 3.8) is 0 Å². The first-order valence-electron chi connectivity index (χ1n) is 6.68. The molecule has 5 nitrogen and oxygen atoms in total. The average Bonchev–Trinajstić information content (AvgIpc) is 2.42. The van der Waals surface area contributed by atoms with Crippen LogP contribution in [0.1, 0.15) is 13.3 Å². The normalized spacial score (nSPS) is 11.7. The molecule has 0 bridgehead atoms. The van der Waals surface area contributed by atoms with Crippen molar-refractivity contribution in [2.75, 3.05) is 6.54 Å². The van der Waals surface area contributed by atoms with Gasteiger partial charge in [0.25, 0.3) is 0 Å². The van der Waals surface area contributed by atoms with Crippen LogP contribution in [-0.2, 0) is 11.3 Å². The molecule has 2 rings (SSSR count). The van der Waals surface area contributed by atoms with E-state index in [1.807, 2.05) is 25.1 Å². The number of amides is 1. The van der Waals surface area contributed by atoms with Gasteiger partial charge in [-0.05, 0) is 25.5 Å². The molecule has 21 heavy (non-hydrogen) atoms. The lowest BCUT2D eigenvalue weighted by Gasteiger charge is -2.11. The van der Waals surface area contributed by atoms with E-state index in [1.165, 1.54) is 6.07 Å². The number of nitrogens with two attached hydrogens (primary N) is 1. The van der Waals surface area contributed by atoms with Gasteiger partial charge in [0.2, 0.25) is 5.91 Å². The monoisotopic (exact) mass is 309 g/mol. The molecule has 0 aliphatic rings. The molecule has 2 aromatic rings. The van der Waals surface area contributed by atoms with Crippen LogP contribution in [0.4, 0.5) is 0 Å². The fraction of sp³-hybridized carbons (Fsp3) is 0.333. The molecule has 0 fully saturated rings. The first kappa shape index (κ1) is 17.2. The zero-order valence-corrected chi connectivity index (χ0v) is 12.7. The number of carbonyl (C=O) groups is 1. The van der Waals surface area contributed by atoms with Crippen LogP contribution in [-0.4, -0.2) is 23.1 Å². The maximum Gasteiger partial charge on any atom is 0.239 e. The van der Waals surface area contributed by atoms with Gasteiger partial charge in [-0.15, -0.1) is 12.4 Å². The maximum atomic E-state index is 11.9. The van der Waals surface area contributed by atoms with Crippen LogP contribution in [0, 0.1) is 0 Å². The van der Waals surface area contributed by atoms with Gasteiger partial charge in [0.05, 0.1) is 5.52 Å². The lowest BCUT2D eigenvalue weighted by Crippen LogP contribution is -2.31. The number of para-hydroxylation sites is 1. The van der Waals surface area contributed by atoms with Gasteiger partial charge in [0, 0.05) is 30.2 Å². The lowest BCUT2D eigenvalue weighted by molar-refractivity contribution is -0.121. The summed E-state index contributed by atoms with van der Waals surface area (Å²) >= 11 is 0. The summed E-state index contributed by atoms with van der Waals surface area (Å²) in [6.07, 6.45) is 2.40. The van der Waals surface area contributed by atoms with Crippen molar-refractivity contribution in [2.45, 2.75) is 25.9 Å². The molecule has 0 saturated heterocycles. The predicted octanol–water partition coefficient (Wildman–Crippen LogP) is 1.28. The number of hydrogen-bond donors (Lipinski definition) is 2. The average molecular weight is 310 g/mol. The van der Waals surface area contributed by atoms with Crippen LogP contribution >= 0.6 is 12.4 Å². The predicted molar refractivity (Wildman–Crippen MR) is 86.7 cm³/mol. The Morgan fingerprint density at radius 3 is 2.76 bits per heavy atom. The highest BCUT2D eigenvalue weighted by molar-refractivity contribution is 5.85. The summed E-state index contributed by atoms with van der Waals surface area (Å²) in [7, 11) is 0. The van der Waals surface area contributed by atoms with E-state index in [-0.39, 0.29) is 36.3 Å². The highest BCUT2D eigenvalue weighted by Gasteiger charge is 2.06. The molecule has 0 saturated carbocycles. The van der Waals surface area contributed by atoms with Crippen LogP contribution in [0.5, 0.6) is 0 Å². The van der Waals surface area contributed by atoms with Crippen molar-refractivity contribution in [1.29, 1.82) is 0 Å². The SMILES string of the molecule is CC(N)CCNC(=O)Cn1ccc(=O)c2ccccc21.Cl. The zero-order chi connectivity index (χ0) is 14.5. The molecule has 0 aliphatic carbocycles. The quantitative estimate of drug-likeness (QED) is 0.873. The zero-order valence-electron chi connectivity index (χ0n) is 11.9. The van der Waals surface area contributed by atoms with E-state index < -0.39 is 0 Å². The van der Waals surface area contributed by atoms with Crippen molar-refractivity contribution in [3.05, 3.63) is 46.8 Å². The number of aromatic nitrogens is 1. The number of halogens is 1. The van der Waals surface area contributed by atoms with Gasteiger partial charge in [-0.2, -0.15) is 0 Å². The number of nitrogens with one attached hydrogen (secondary N) is 1. The van der Waals surface area contributed by atoms with Crippen molar-refractivity contribution in [2.24, 2.45) is 5.73 Å². The van der Waals surface area contributed by atoms with Gasteiger partial charge in [0.15, 0.2) is 5.43 Å². The molecule has 1 aromatic carbocycles. The van der Waals surface area contributed by atoms with Crippen LogP contribution in [0.3, 0.4) is 0 Å². The molecule has 1 heterocycles. The van der Waals surface area contributed by atoms with E-state index in [1.54, 1.807) is 16.8 Å². The third-order valence-electron chi connectivity index (χ3n) is 3.12. The number of benzene rings is 1. The van der Waals surface area contributed by atoms with Gasteiger partial charge in [0.1, 0.15) is 6.54 Å². The fourth-order valence-corrected chi connectivity index (χ4v) is 2.05. The second-order valence-electron chi connectivity index (χ2n) is 4.94. The van der Waals surface area contributed by atoms with Crippen LogP contribution in [0.2, 0.25) is 0 Å². The van der Waals surface area contributed by atoms with E-state index in [9.17, 15) is 9.59 Å². The standard InChI is InChI=1S/C15H19N3O2.ClH/c1-11(16)6-8-17-15(20)10-18-9-7-14(19)12-4-2-3-5-13(12)18;/h2-5,7,9,11H,6,8,10,16H2,1H3,(H,17,20);1H. The Balaban J connectivity index is 0.00000220. The maximum absolute atomic E-state index is 11.9. The summed E-state index contributed by atoms with van der Waals surface area (Å²) in [4.78, 5) is 23.6. The second-order valence-corrected chi connectivity index (χ2v) is 4.94. The highest BCUT2D eigenvalue weighted by atomic mass is 35.5. The minimum atomic E-state index is -0.0838. The van der Waals surface area contributed by atoms with Gasteiger partial charge in [-0.25, -0.2) is 0 Å². The number of carbonyl (C=O) groups excluding carboxylic acids is 1. The number of rotatable bonds is 5. The Morgan fingerprint density at radius 2 is 2.05 bits per heavy atom. The fourth-order valence-electron chi connectivity index (χ4n) is 2.05. The number of hydrogen-bond acceptors (Lipinski definition) is 3. The van der Waals surface area contributed by atoms with E-state index in [2.05, 4.69) is 5.32 Å². The molecule has 0 spiro atoms. The smallest absolute Gasteiger partial charge is 0.239 e. The van der Waals surface area contributed by atoms with Gasteiger partial charge < -0.3 is 15.6 Å². The Hall–Kier alpha value is -1.85. The van der Waals surface area contributed by atoms with E-state index in [0.717, 1.165) is 11.9 Å². The van der Waals surface area contributed by atoms with E-state index in [4.69, 9.17) is 5.73 Å². The summed E-state index contributed by atoms with van der Waals surface area (Å²) in [5, 5.41) is 3.45. The third kappa shape index (κ3) is 4.58. The molecule has 1 aromatic heterocycles. The second kappa shape index (κ2) is 7.81. The summed E-state index contributed by atoms with van der Waals surface area (Å²) < 4.78 is 1.78. The van der Waals surface area contributed by atoms with Crippen molar-refractivity contribution in [3.8, 4) is 0 Å². The lowest BCUT2D eigenvalue weighted by atomic mass is 10.2. The Morgan fingerprint density at radius 1 is 1.33 bits per heavy atom. The van der Waals surface area contributed by atoms with Crippen LogP contribution < -0.4 is 16.5 Å². The molecule has 0 radical (unpaired) electrons. The summed E-state index contributed by atoms with van der Waals surface area (Å²) in [6.45, 7) is 2.66. The highest BCUT2D eigenvalue weighted by Crippen LogP contribution is 2.09. The molecular formula is C15H20ClN3O2. The number of fused-ring (bicyclic) bond motifs is 1. The number of pyridine rings is 1. The van der Waals surface area contributed by atoms with Crippen molar-refractivity contribution in [1.82, 2.24) is 9.88 Å². The molecular weight excluding hydrogens is 290 g/mol. The minimum Gasteiger partial charge on any atom is -0.354 e. The summed E-state index contributed by atoms with van der Waals surface area (Å²) in [5.74, 6) is -0.0838. The topological polar surface area (TPSA) is 77.1 Å². The Bertz CT molecular complexity index is 667. The minimum absolute atomic E-state index is 0. The van der Waals surface area contributed by atoms with Crippen LogP contribution in [0.15, 0.2) is 41.3 Å². The molecule has 1 amide bonds. The van der Waals surface area contributed by atoms with Crippen molar-refractivity contribution >= 4 is 29.2 Å². The molecule has 0 aliphatic heterocycles. The van der Waals surface area contributed by atoms with Gasteiger partial charge in [-0.3, -0.25) is 9.59 Å². The molecule has 114 valence electrons. The first-order valence-corrected chi connectivity index (χ1v) is 6.68. The number of nitrogens with zero attached hydrogens (tertiary/aromatic N) is 1. The Kier molecular flexibility index (Phi) is 6.39. The summed E-state index contributed by atoms with van der Waals surface area (Å²) in [5.41, 5.74) is 6.36. The Labute approximate surface area is 129 Å². The van der Waals surface area contributed by atoms with Crippen molar-refractivity contribution < 1.29 is 4.79 Å². The van der Waals surface area contributed by atoms with Crippen LogP contribution in [0.25, 0.3) is 10.9 Å². The first-order chi connectivity index (χ1) is 9.58. The molecule has 6 heteroatoms. The van der Waals surface area contributed by atoms with E-state index in [0.29, 0.717) is 11.9 Å². The molecule has 3 N–H and O–H groups in total. The van der Waals surface area contributed by atoms with Gasteiger partial charge >= 0.3 is 0 Å². The van der Waals surface area contributed by atoms with E-state index >= 15 is 0 Å².